The Bertz CT molecular complexity index is 1090. The lowest BCUT2D eigenvalue weighted by Crippen LogP contribution is -2.74. The van der Waals surface area contributed by atoms with Crippen LogP contribution >= 0.6 is 0 Å². The van der Waals surface area contributed by atoms with E-state index in [1.165, 1.54) is 7.11 Å². The molecule has 8 nitrogen and oxygen atoms in total. The van der Waals surface area contributed by atoms with Gasteiger partial charge in [0.1, 0.15) is 17.5 Å². The highest BCUT2D eigenvalue weighted by Gasteiger charge is 2.74. The second-order valence-electron chi connectivity index (χ2n) is 11.7. The molecular formula is C27H34O8. The molecule has 0 amide bonds. The largest absolute Gasteiger partial charge is 0.472 e. The van der Waals surface area contributed by atoms with Gasteiger partial charge >= 0.3 is 11.9 Å². The second kappa shape index (κ2) is 7.53. The van der Waals surface area contributed by atoms with Gasteiger partial charge in [-0.1, -0.05) is 34.3 Å². The monoisotopic (exact) mass is 486 g/mol. The van der Waals surface area contributed by atoms with E-state index in [0.29, 0.717) is 12.8 Å². The number of furan rings is 1. The Labute approximate surface area is 205 Å². The van der Waals surface area contributed by atoms with Crippen LogP contribution in [0.25, 0.3) is 0 Å². The summed E-state index contributed by atoms with van der Waals surface area (Å²) >= 11 is 0. The summed E-state index contributed by atoms with van der Waals surface area (Å²) in [5.41, 5.74) is -1.92. The zero-order valence-electron chi connectivity index (χ0n) is 21.0. The first-order valence-corrected chi connectivity index (χ1v) is 12.2. The van der Waals surface area contributed by atoms with Gasteiger partial charge in [-0.25, -0.2) is 4.79 Å². The fourth-order valence-corrected chi connectivity index (χ4v) is 8.08. The summed E-state index contributed by atoms with van der Waals surface area (Å²) in [6.45, 7) is 12.1. The topological polar surface area (TPSA) is 112 Å². The number of Topliss-reactive ketones (excluding diaryl/α,β-unsaturated/α-hetero) is 1. The number of carbonyl (C=O) groups excluding carboxylic acids is 3. The number of hydrogen-bond donors (Lipinski definition) is 1. The Morgan fingerprint density at radius 1 is 1.26 bits per heavy atom. The summed E-state index contributed by atoms with van der Waals surface area (Å²) in [5, 5.41) is 11.2. The van der Waals surface area contributed by atoms with Gasteiger partial charge in [-0.05, 0) is 30.4 Å². The van der Waals surface area contributed by atoms with Crippen molar-refractivity contribution in [2.45, 2.75) is 77.3 Å². The molecule has 2 aliphatic carbocycles. The number of aliphatic hydroxyl groups is 1. The zero-order valence-corrected chi connectivity index (χ0v) is 21.0. The van der Waals surface area contributed by atoms with E-state index < -0.39 is 58.0 Å². The van der Waals surface area contributed by atoms with Crippen LogP contribution < -0.4 is 0 Å². The van der Waals surface area contributed by atoms with E-state index in [0.717, 1.165) is 11.1 Å². The maximum absolute atomic E-state index is 13.4. The standard InChI is InChI=1S/C27H34O8/c1-14-16-7-9-25(4)22(15-8-10-33-13-15)34-19(29)12-27(14,25)35-18-11-17(28)24(2,3)21(26(16,18)5)20(30)23(31)32-6/h8,10,13,16,18,20-22,30H,1,7,9,11-12H2,2-6H3/t16-,18-,20-,21-,22-,25-,26-,27-/m1/s1. The lowest BCUT2D eigenvalue weighted by Gasteiger charge is -2.70. The number of hydrogen-bond acceptors (Lipinski definition) is 8. The first kappa shape index (κ1) is 24.3. The number of fused-ring (bicyclic) bond motifs is 3. The van der Waals surface area contributed by atoms with Gasteiger partial charge in [0.25, 0.3) is 0 Å². The van der Waals surface area contributed by atoms with Crippen molar-refractivity contribution in [1.82, 2.24) is 0 Å². The molecule has 1 aromatic rings. The van der Waals surface area contributed by atoms with Crippen LogP contribution in [0.3, 0.4) is 0 Å². The Hall–Kier alpha value is -2.45. The van der Waals surface area contributed by atoms with Gasteiger partial charge in [-0.15, -0.1) is 0 Å². The van der Waals surface area contributed by atoms with E-state index in [4.69, 9.17) is 18.6 Å². The minimum atomic E-state index is -1.50. The van der Waals surface area contributed by atoms with Crippen LogP contribution in [0.1, 0.15) is 65.0 Å². The van der Waals surface area contributed by atoms with Gasteiger partial charge < -0.3 is 23.7 Å². The molecule has 8 atom stereocenters. The highest BCUT2D eigenvalue weighted by atomic mass is 16.6. The molecule has 5 rings (SSSR count). The predicted octanol–water partition coefficient (Wildman–Crippen LogP) is 3.53. The third kappa shape index (κ3) is 2.90. The van der Waals surface area contributed by atoms with Gasteiger partial charge in [0.15, 0.2) is 6.10 Å². The van der Waals surface area contributed by atoms with Crippen molar-refractivity contribution in [3.8, 4) is 0 Å². The van der Waals surface area contributed by atoms with Crippen LogP contribution in [0.15, 0.2) is 35.2 Å². The van der Waals surface area contributed by atoms with Gasteiger partial charge in [0.2, 0.25) is 0 Å². The third-order valence-corrected chi connectivity index (χ3v) is 9.96. The quantitative estimate of drug-likeness (QED) is 0.510. The van der Waals surface area contributed by atoms with Gasteiger partial charge in [0.05, 0.1) is 32.2 Å². The van der Waals surface area contributed by atoms with E-state index in [1.54, 1.807) is 32.4 Å². The highest BCUT2D eigenvalue weighted by Crippen LogP contribution is 2.71. The molecule has 2 aliphatic heterocycles. The molecule has 1 N–H and O–H groups in total. The molecule has 0 unspecified atom stereocenters. The Morgan fingerprint density at radius 2 is 1.97 bits per heavy atom. The number of aliphatic hydroxyl groups excluding tert-OH is 1. The molecule has 4 fully saturated rings. The molecule has 1 spiro atoms. The average molecular weight is 487 g/mol. The molecule has 2 saturated heterocycles. The van der Waals surface area contributed by atoms with E-state index in [1.807, 2.05) is 6.92 Å². The minimum Gasteiger partial charge on any atom is -0.472 e. The maximum Gasteiger partial charge on any atom is 0.335 e. The van der Waals surface area contributed by atoms with Crippen LogP contribution in [0.2, 0.25) is 0 Å². The van der Waals surface area contributed by atoms with Crippen LogP contribution in [0.4, 0.5) is 0 Å². The minimum absolute atomic E-state index is 0.00156. The van der Waals surface area contributed by atoms with Crippen LogP contribution in [-0.2, 0) is 28.6 Å². The summed E-state index contributed by atoms with van der Waals surface area (Å²) in [7, 11) is 1.23. The SMILES string of the molecule is C=C1[C@H]2CC[C@]3(C)[C@@H](c4ccoc4)OC(=O)C[C@@]13O[C@@H]1CC(=O)C(C)(C)[C@@H]([C@@H](O)C(=O)OC)[C@]21C. The number of esters is 2. The number of cyclic esters (lactones) is 1. The molecule has 0 aromatic carbocycles. The first-order valence-electron chi connectivity index (χ1n) is 12.2. The van der Waals surface area contributed by atoms with E-state index in [-0.39, 0.29) is 24.5 Å². The lowest BCUT2D eigenvalue weighted by molar-refractivity contribution is -0.303. The van der Waals surface area contributed by atoms with Crippen LogP contribution in [-0.4, -0.2) is 47.7 Å². The average Bonchev–Trinajstić information content (AvgIpc) is 3.32. The number of carbonyl (C=O) groups is 3. The third-order valence-electron chi connectivity index (χ3n) is 9.96. The van der Waals surface area contributed by atoms with Crippen molar-refractivity contribution in [3.05, 3.63) is 36.3 Å². The number of ether oxygens (including phenoxy) is 3. The second-order valence-corrected chi connectivity index (χ2v) is 11.7. The van der Waals surface area contributed by atoms with Gasteiger partial charge in [-0.2, -0.15) is 0 Å². The fraction of sp³-hybridized carbons (Fsp3) is 0.667. The molecule has 2 saturated carbocycles. The van der Waals surface area contributed by atoms with Gasteiger partial charge in [-0.3, -0.25) is 9.59 Å². The summed E-state index contributed by atoms with van der Waals surface area (Å²) in [5.74, 6) is -2.20. The van der Waals surface area contributed by atoms with Crippen molar-refractivity contribution in [2.24, 2.45) is 28.1 Å². The first-order chi connectivity index (χ1) is 16.3. The molecule has 3 heterocycles. The van der Waals surface area contributed by atoms with Crippen LogP contribution in [0.5, 0.6) is 0 Å². The normalized spacial score (nSPS) is 43.0. The van der Waals surface area contributed by atoms with Gasteiger partial charge in [0, 0.05) is 34.1 Å². The molecule has 0 radical (unpaired) electrons. The molecule has 4 aliphatic rings. The number of rotatable bonds is 3. The lowest BCUT2D eigenvalue weighted by atomic mass is 9.41. The number of ketones is 1. The van der Waals surface area contributed by atoms with Crippen molar-refractivity contribution in [2.75, 3.05) is 7.11 Å². The maximum atomic E-state index is 13.4. The van der Waals surface area contributed by atoms with Crippen molar-refractivity contribution < 1.29 is 38.1 Å². The fourth-order valence-electron chi connectivity index (χ4n) is 8.08. The van der Waals surface area contributed by atoms with Crippen molar-refractivity contribution >= 4 is 17.7 Å². The Balaban J connectivity index is 1.65. The Morgan fingerprint density at radius 3 is 2.60 bits per heavy atom. The summed E-state index contributed by atoms with van der Waals surface area (Å²) in [4.78, 5) is 39.0. The highest BCUT2D eigenvalue weighted by molar-refractivity contribution is 5.88. The molecule has 35 heavy (non-hydrogen) atoms. The van der Waals surface area contributed by atoms with Crippen molar-refractivity contribution in [3.63, 3.8) is 0 Å². The van der Waals surface area contributed by atoms with E-state index >= 15 is 0 Å². The summed E-state index contributed by atoms with van der Waals surface area (Å²) in [6, 6.07) is 1.79. The summed E-state index contributed by atoms with van der Waals surface area (Å²) in [6.07, 6.45) is 1.91. The van der Waals surface area contributed by atoms with E-state index in [9.17, 15) is 19.5 Å². The predicted molar refractivity (Wildman–Crippen MR) is 123 cm³/mol. The molecule has 8 heteroatoms. The van der Waals surface area contributed by atoms with Crippen LogP contribution in [0, 0.1) is 28.1 Å². The molecule has 2 bridgehead atoms. The van der Waals surface area contributed by atoms with E-state index in [2.05, 4.69) is 13.5 Å². The number of methoxy groups -OCH3 is 1. The molecular weight excluding hydrogens is 452 g/mol. The summed E-state index contributed by atoms with van der Waals surface area (Å²) < 4.78 is 23.0. The zero-order chi connectivity index (χ0) is 25.6. The Kier molecular flexibility index (Phi) is 5.22. The van der Waals surface area contributed by atoms with Crippen molar-refractivity contribution in [1.29, 1.82) is 0 Å². The smallest absolute Gasteiger partial charge is 0.335 e. The molecule has 190 valence electrons. The molecule has 1 aromatic heterocycles.